The molecule has 0 aliphatic rings. The van der Waals surface area contributed by atoms with E-state index in [2.05, 4.69) is 37.8 Å². The van der Waals surface area contributed by atoms with Crippen LogP contribution in [0.2, 0.25) is 0 Å². The summed E-state index contributed by atoms with van der Waals surface area (Å²) < 4.78 is 5.20. The molecular weight excluding hydrogens is 530 g/mol. The van der Waals surface area contributed by atoms with Crippen molar-refractivity contribution >= 4 is 35.4 Å². The Morgan fingerprint density at radius 3 is 2.40 bits per heavy atom. The van der Waals surface area contributed by atoms with Gasteiger partial charge in [-0.3, -0.25) is 9.59 Å². The molecule has 0 aliphatic heterocycles. The van der Waals surface area contributed by atoms with E-state index in [0.29, 0.717) is 48.5 Å². The number of rotatable bonds is 13. The molecule has 11 heteroatoms. The van der Waals surface area contributed by atoms with Gasteiger partial charge in [-0.2, -0.15) is 0 Å². The van der Waals surface area contributed by atoms with E-state index in [1.807, 2.05) is 27.0 Å². The molecule has 0 unspecified atom stereocenters. The molecule has 1 heterocycles. The molecule has 4 N–H and O–H groups in total. The van der Waals surface area contributed by atoms with Crippen molar-refractivity contribution < 1.29 is 24.2 Å². The SMILES string of the molecule is CSc1ncc(C#CCCCC(=O)N[C@@H](CCCCOC(=O)NC(C)(C)C)C(=O)Nc2ccc(CO)cc2)cn1. The van der Waals surface area contributed by atoms with Gasteiger partial charge in [-0.25, -0.2) is 14.8 Å². The smallest absolute Gasteiger partial charge is 0.407 e. The maximum Gasteiger partial charge on any atom is 0.407 e. The summed E-state index contributed by atoms with van der Waals surface area (Å²) in [5.41, 5.74) is 1.62. The minimum atomic E-state index is -0.758. The summed E-state index contributed by atoms with van der Waals surface area (Å²) in [5.74, 6) is 5.42. The van der Waals surface area contributed by atoms with Crippen LogP contribution in [0.15, 0.2) is 41.8 Å². The molecule has 0 bridgehead atoms. The second kappa shape index (κ2) is 17.2. The summed E-state index contributed by atoms with van der Waals surface area (Å²) in [6.45, 7) is 5.71. The number of alkyl carbamates (subject to hydrolysis) is 1. The number of anilines is 1. The molecule has 1 aromatic carbocycles. The Kier molecular flexibility index (Phi) is 14.0. The van der Waals surface area contributed by atoms with Crippen LogP contribution in [-0.4, -0.2) is 57.4 Å². The summed E-state index contributed by atoms with van der Waals surface area (Å²) in [5, 5.41) is 18.3. The predicted molar refractivity (Wildman–Crippen MR) is 156 cm³/mol. The van der Waals surface area contributed by atoms with E-state index in [0.717, 1.165) is 5.56 Å². The Hall–Kier alpha value is -3.62. The zero-order valence-electron chi connectivity index (χ0n) is 23.6. The number of ether oxygens (including phenoxy) is 1. The standard InChI is InChI=1S/C29H39N5O5S/c1-29(2,3)34-28(38)39-17-9-8-11-24(26(37)32-23-15-13-21(20-35)14-16-23)33-25(36)12-7-5-6-10-22-18-30-27(40-4)31-19-22/h13-16,18-19,24,35H,5,7-9,11-12,17,20H2,1-4H3,(H,32,37)(H,33,36)(H,34,38)/t24-/m0/s1. The minimum Gasteiger partial charge on any atom is -0.450 e. The largest absolute Gasteiger partial charge is 0.450 e. The number of nitrogens with one attached hydrogen (secondary N) is 3. The van der Waals surface area contributed by atoms with Crippen molar-refractivity contribution in [1.29, 1.82) is 0 Å². The maximum absolute atomic E-state index is 13.0. The molecular formula is C29H39N5O5S. The molecule has 10 nitrogen and oxygen atoms in total. The van der Waals surface area contributed by atoms with E-state index in [-0.39, 0.29) is 37.0 Å². The second-order valence-corrected chi connectivity index (χ2v) is 10.9. The molecule has 0 saturated carbocycles. The lowest BCUT2D eigenvalue weighted by Gasteiger charge is -2.20. The first kappa shape index (κ1) is 32.6. The Bertz CT molecular complexity index is 1150. The first-order valence-corrected chi connectivity index (χ1v) is 14.4. The van der Waals surface area contributed by atoms with E-state index >= 15 is 0 Å². The number of thioether (sulfide) groups is 1. The number of benzene rings is 1. The molecule has 1 atom stereocenters. The zero-order chi connectivity index (χ0) is 29.4. The van der Waals surface area contributed by atoms with Crippen molar-refractivity contribution in [1.82, 2.24) is 20.6 Å². The third-order valence-corrected chi connectivity index (χ3v) is 5.98. The lowest BCUT2D eigenvalue weighted by atomic mass is 10.1. The van der Waals surface area contributed by atoms with Gasteiger partial charge in [0.2, 0.25) is 11.8 Å². The normalized spacial score (nSPS) is 11.5. The van der Waals surface area contributed by atoms with Crippen molar-refractivity contribution in [2.75, 3.05) is 18.2 Å². The average Bonchev–Trinajstić information content (AvgIpc) is 2.91. The summed E-state index contributed by atoms with van der Waals surface area (Å²) in [4.78, 5) is 45.8. The van der Waals surface area contributed by atoms with Gasteiger partial charge in [0.15, 0.2) is 5.16 Å². The number of hydrogen-bond acceptors (Lipinski definition) is 8. The van der Waals surface area contributed by atoms with Gasteiger partial charge < -0.3 is 25.8 Å². The third-order valence-electron chi connectivity index (χ3n) is 5.40. The van der Waals surface area contributed by atoms with Gasteiger partial charge in [-0.05, 0) is 70.4 Å². The van der Waals surface area contributed by atoms with Crippen molar-refractivity contribution in [3.63, 3.8) is 0 Å². The van der Waals surface area contributed by atoms with Crippen LogP contribution in [0.1, 0.15) is 70.4 Å². The van der Waals surface area contributed by atoms with Crippen LogP contribution in [0.4, 0.5) is 10.5 Å². The lowest BCUT2D eigenvalue weighted by Crippen LogP contribution is -2.43. The Balaban J connectivity index is 1.86. The van der Waals surface area contributed by atoms with Crippen LogP contribution >= 0.6 is 11.8 Å². The fourth-order valence-corrected chi connectivity index (χ4v) is 3.72. The van der Waals surface area contributed by atoms with Gasteiger partial charge in [0.05, 0.1) is 18.8 Å². The Morgan fingerprint density at radius 1 is 1.07 bits per heavy atom. The van der Waals surface area contributed by atoms with Crippen LogP contribution in [0, 0.1) is 11.8 Å². The number of aliphatic hydroxyl groups excluding tert-OH is 1. The molecule has 0 saturated heterocycles. The molecule has 2 rings (SSSR count). The maximum atomic E-state index is 13.0. The molecule has 216 valence electrons. The monoisotopic (exact) mass is 569 g/mol. The molecule has 0 aliphatic carbocycles. The Morgan fingerprint density at radius 2 is 1.77 bits per heavy atom. The summed E-state index contributed by atoms with van der Waals surface area (Å²) in [6, 6.07) is 6.07. The fraction of sp³-hybridized carbons (Fsp3) is 0.483. The molecule has 0 radical (unpaired) electrons. The fourth-order valence-electron chi connectivity index (χ4n) is 3.40. The summed E-state index contributed by atoms with van der Waals surface area (Å²) in [6.07, 6.45) is 7.50. The van der Waals surface area contributed by atoms with Gasteiger partial charge in [-0.15, -0.1) is 0 Å². The van der Waals surface area contributed by atoms with E-state index < -0.39 is 12.1 Å². The van der Waals surface area contributed by atoms with E-state index in [4.69, 9.17) is 4.74 Å². The lowest BCUT2D eigenvalue weighted by molar-refractivity contribution is -0.126. The molecule has 40 heavy (non-hydrogen) atoms. The second-order valence-electron chi connectivity index (χ2n) is 10.1. The third kappa shape index (κ3) is 13.4. The van der Waals surface area contributed by atoms with E-state index in [1.54, 1.807) is 36.7 Å². The van der Waals surface area contributed by atoms with Crippen molar-refractivity contribution in [3.05, 3.63) is 47.8 Å². The Labute approximate surface area is 240 Å². The number of amides is 3. The van der Waals surface area contributed by atoms with Crippen LogP contribution in [0.5, 0.6) is 0 Å². The van der Waals surface area contributed by atoms with Gasteiger partial charge in [0.1, 0.15) is 6.04 Å². The number of unbranched alkanes of at least 4 members (excludes halogenated alkanes) is 2. The summed E-state index contributed by atoms with van der Waals surface area (Å²) >= 11 is 1.46. The number of aliphatic hydroxyl groups is 1. The predicted octanol–water partition coefficient (Wildman–Crippen LogP) is 4.03. The van der Waals surface area contributed by atoms with Gasteiger partial charge in [0, 0.05) is 36.5 Å². The highest BCUT2D eigenvalue weighted by Gasteiger charge is 2.21. The number of aromatic nitrogens is 2. The highest BCUT2D eigenvalue weighted by Crippen LogP contribution is 2.12. The highest BCUT2D eigenvalue weighted by molar-refractivity contribution is 7.98. The van der Waals surface area contributed by atoms with E-state index in [9.17, 15) is 19.5 Å². The molecule has 0 fully saturated rings. The number of hydrogen-bond donors (Lipinski definition) is 4. The number of carbonyl (C=O) groups is 3. The zero-order valence-corrected chi connectivity index (χ0v) is 24.4. The van der Waals surface area contributed by atoms with Crippen LogP contribution in [-0.2, 0) is 20.9 Å². The highest BCUT2D eigenvalue weighted by atomic mass is 32.2. The van der Waals surface area contributed by atoms with Crippen molar-refractivity contribution in [2.45, 2.75) is 82.6 Å². The van der Waals surface area contributed by atoms with Crippen LogP contribution in [0.3, 0.4) is 0 Å². The average molecular weight is 570 g/mol. The van der Waals surface area contributed by atoms with Crippen molar-refractivity contribution in [2.24, 2.45) is 0 Å². The first-order valence-electron chi connectivity index (χ1n) is 13.2. The minimum absolute atomic E-state index is 0.0921. The van der Waals surface area contributed by atoms with Gasteiger partial charge in [-0.1, -0.05) is 35.7 Å². The molecule has 0 spiro atoms. The van der Waals surface area contributed by atoms with E-state index in [1.165, 1.54) is 11.8 Å². The van der Waals surface area contributed by atoms with Gasteiger partial charge in [0.25, 0.3) is 0 Å². The molecule has 3 amide bonds. The number of nitrogens with zero attached hydrogens (tertiary/aromatic N) is 2. The molecule has 2 aromatic rings. The van der Waals surface area contributed by atoms with Gasteiger partial charge >= 0.3 is 6.09 Å². The molecule has 1 aromatic heterocycles. The van der Waals surface area contributed by atoms with Crippen LogP contribution in [0.25, 0.3) is 0 Å². The number of carbonyl (C=O) groups excluding carboxylic acids is 3. The van der Waals surface area contributed by atoms with Crippen LogP contribution < -0.4 is 16.0 Å². The van der Waals surface area contributed by atoms with Crippen molar-refractivity contribution in [3.8, 4) is 11.8 Å². The quantitative estimate of drug-likeness (QED) is 0.123. The first-order chi connectivity index (χ1) is 19.1. The summed E-state index contributed by atoms with van der Waals surface area (Å²) in [7, 11) is 0. The topological polar surface area (TPSA) is 143 Å².